The Morgan fingerprint density at radius 2 is 2.05 bits per heavy atom. The molecule has 0 radical (unpaired) electrons. The van der Waals surface area contributed by atoms with Crippen LogP contribution in [0.15, 0.2) is 12.1 Å². The van der Waals surface area contributed by atoms with Crippen LogP contribution in [0.3, 0.4) is 0 Å². The second kappa shape index (κ2) is 6.16. The summed E-state index contributed by atoms with van der Waals surface area (Å²) in [5.74, 6) is -0.337. The molecule has 2 N–H and O–H groups in total. The largest absolute Gasteiger partial charge is 0.370 e. The highest BCUT2D eigenvalue weighted by molar-refractivity contribution is 6.02. The SMILES string of the molecule is CCCNc1cc([N+](=O)[O-])cc(N2CC(=O)NC(=O)C2)n1. The summed E-state index contributed by atoms with van der Waals surface area (Å²) in [5, 5.41) is 16.1. The number of nitrogens with zero attached hydrogens (tertiary/aromatic N) is 3. The highest BCUT2D eigenvalue weighted by atomic mass is 16.6. The van der Waals surface area contributed by atoms with Gasteiger partial charge in [-0.2, -0.15) is 0 Å². The first-order valence-corrected chi connectivity index (χ1v) is 6.47. The van der Waals surface area contributed by atoms with Gasteiger partial charge in [-0.15, -0.1) is 0 Å². The smallest absolute Gasteiger partial charge is 0.276 e. The molecule has 0 bridgehead atoms. The van der Waals surface area contributed by atoms with Crippen LogP contribution < -0.4 is 15.5 Å². The summed E-state index contributed by atoms with van der Waals surface area (Å²) < 4.78 is 0. The summed E-state index contributed by atoms with van der Waals surface area (Å²) in [7, 11) is 0. The van der Waals surface area contributed by atoms with E-state index in [1.165, 1.54) is 17.0 Å². The lowest BCUT2D eigenvalue weighted by atomic mass is 10.3. The lowest BCUT2D eigenvalue weighted by Gasteiger charge is -2.26. The van der Waals surface area contributed by atoms with E-state index in [9.17, 15) is 19.7 Å². The Labute approximate surface area is 120 Å². The van der Waals surface area contributed by atoms with Crippen molar-refractivity contribution in [3.8, 4) is 0 Å². The number of hydrogen-bond acceptors (Lipinski definition) is 7. The number of imide groups is 1. The first kappa shape index (κ1) is 14.7. The molecule has 112 valence electrons. The molecule has 9 nitrogen and oxygen atoms in total. The standard InChI is InChI=1S/C12H15N5O4/c1-2-3-13-9-4-8(17(20)21)5-10(14-9)16-6-11(18)15-12(19)7-16/h4-5H,2-3,6-7H2,1H3,(H,13,14)(H,15,18,19). The highest BCUT2D eigenvalue weighted by Crippen LogP contribution is 2.23. The third kappa shape index (κ3) is 3.65. The number of nitrogens with one attached hydrogen (secondary N) is 2. The summed E-state index contributed by atoms with van der Waals surface area (Å²) in [4.78, 5) is 38.8. The number of piperazine rings is 1. The molecular weight excluding hydrogens is 278 g/mol. The Bertz CT molecular complexity index is 573. The van der Waals surface area contributed by atoms with E-state index < -0.39 is 16.7 Å². The molecular formula is C12H15N5O4. The van der Waals surface area contributed by atoms with E-state index in [4.69, 9.17) is 0 Å². The highest BCUT2D eigenvalue weighted by Gasteiger charge is 2.25. The Morgan fingerprint density at radius 3 is 2.62 bits per heavy atom. The van der Waals surface area contributed by atoms with Crippen molar-refractivity contribution in [2.45, 2.75) is 13.3 Å². The van der Waals surface area contributed by atoms with Crippen LogP contribution in [0.2, 0.25) is 0 Å². The number of carbonyl (C=O) groups is 2. The monoisotopic (exact) mass is 293 g/mol. The Morgan fingerprint density at radius 1 is 1.38 bits per heavy atom. The van der Waals surface area contributed by atoms with Crippen molar-refractivity contribution in [3.05, 3.63) is 22.2 Å². The van der Waals surface area contributed by atoms with Gasteiger partial charge in [0, 0.05) is 6.54 Å². The summed E-state index contributed by atoms with van der Waals surface area (Å²) >= 11 is 0. The summed E-state index contributed by atoms with van der Waals surface area (Å²) in [5.41, 5.74) is -0.142. The van der Waals surface area contributed by atoms with Gasteiger partial charge in [0.05, 0.1) is 30.1 Å². The van der Waals surface area contributed by atoms with E-state index in [2.05, 4.69) is 15.6 Å². The van der Waals surface area contributed by atoms with Crippen LogP contribution in [0.25, 0.3) is 0 Å². The molecule has 0 spiro atoms. The van der Waals surface area contributed by atoms with Gasteiger partial charge in [0.15, 0.2) is 0 Å². The third-order valence-corrected chi connectivity index (χ3v) is 2.84. The number of amides is 2. The van der Waals surface area contributed by atoms with Gasteiger partial charge in [0.1, 0.15) is 11.6 Å². The molecule has 0 saturated carbocycles. The molecule has 1 saturated heterocycles. The van der Waals surface area contributed by atoms with Crippen molar-refractivity contribution < 1.29 is 14.5 Å². The van der Waals surface area contributed by atoms with Gasteiger partial charge in [-0.25, -0.2) is 4.98 Å². The summed E-state index contributed by atoms with van der Waals surface area (Å²) in [6.45, 7) is 2.45. The minimum atomic E-state index is -0.534. The van der Waals surface area contributed by atoms with E-state index in [-0.39, 0.29) is 24.6 Å². The zero-order valence-electron chi connectivity index (χ0n) is 11.5. The van der Waals surface area contributed by atoms with E-state index >= 15 is 0 Å². The number of hydrogen-bond donors (Lipinski definition) is 2. The molecule has 1 aliphatic heterocycles. The third-order valence-electron chi connectivity index (χ3n) is 2.84. The Hall–Kier alpha value is -2.71. The quantitative estimate of drug-likeness (QED) is 0.454. The number of aromatic nitrogens is 1. The van der Waals surface area contributed by atoms with Crippen molar-refractivity contribution in [3.63, 3.8) is 0 Å². The molecule has 0 unspecified atom stereocenters. The molecule has 1 fully saturated rings. The Kier molecular flexibility index (Phi) is 4.31. The van der Waals surface area contributed by atoms with E-state index in [0.29, 0.717) is 12.4 Å². The zero-order chi connectivity index (χ0) is 15.4. The molecule has 0 atom stereocenters. The number of pyridine rings is 1. The van der Waals surface area contributed by atoms with E-state index in [1.54, 1.807) is 0 Å². The average Bonchev–Trinajstić information content (AvgIpc) is 2.43. The molecule has 2 amide bonds. The van der Waals surface area contributed by atoms with Gasteiger partial charge < -0.3 is 10.2 Å². The van der Waals surface area contributed by atoms with Crippen LogP contribution in [-0.4, -0.2) is 41.4 Å². The maximum absolute atomic E-state index is 11.4. The van der Waals surface area contributed by atoms with E-state index in [1.807, 2.05) is 6.92 Å². The first-order chi connectivity index (χ1) is 9.99. The molecule has 0 aromatic carbocycles. The number of rotatable bonds is 5. The fraction of sp³-hybridized carbons (Fsp3) is 0.417. The molecule has 0 aliphatic carbocycles. The predicted octanol–water partition coefficient (Wildman–Crippen LogP) is 0.274. The van der Waals surface area contributed by atoms with Crippen molar-refractivity contribution in [2.75, 3.05) is 29.9 Å². The van der Waals surface area contributed by atoms with Gasteiger partial charge in [0.25, 0.3) is 5.69 Å². The molecule has 21 heavy (non-hydrogen) atoms. The Balaban J connectivity index is 2.32. The van der Waals surface area contributed by atoms with Gasteiger partial charge in [0.2, 0.25) is 11.8 Å². The maximum Gasteiger partial charge on any atom is 0.276 e. The lowest BCUT2D eigenvalue weighted by molar-refractivity contribution is -0.384. The second-order valence-corrected chi connectivity index (χ2v) is 4.58. The zero-order valence-corrected chi connectivity index (χ0v) is 11.5. The fourth-order valence-corrected chi connectivity index (χ4v) is 1.91. The van der Waals surface area contributed by atoms with Crippen LogP contribution in [-0.2, 0) is 9.59 Å². The minimum Gasteiger partial charge on any atom is -0.370 e. The molecule has 1 aliphatic rings. The van der Waals surface area contributed by atoms with Crippen molar-refractivity contribution >= 4 is 29.1 Å². The van der Waals surface area contributed by atoms with Crippen molar-refractivity contribution in [1.29, 1.82) is 0 Å². The number of nitro groups is 1. The molecule has 2 heterocycles. The average molecular weight is 293 g/mol. The molecule has 1 aromatic heterocycles. The van der Waals surface area contributed by atoms with Crippen LogP contribution in [0.1, 0.15) is 13.3 Å². The normalized spacial score (nSPS) is 14.8. The van der Waals surface area contributed by atoms with E-state index in [0.717, 1.165) is 6.42 Å². The fourth-order valence-electron chi connectivity index (χ4n) is 1.91. The topological polar surface area (TPSA) is 117 Å². The van der Waals surface area contributed by atoms with Gasteiger partial charge in [-0.05, 0) is 6.42 Å². The van der Waals surface area contributed by atoms with Crippen molar-refractivity contribution in [1.82, 2.24) is 10.3 Å². The van der Waals surface area contributed by atoms with Gasteiger partial charge in [-0.3, -0.25) is 25.0 Å². The summed E-state index contributed by atoms with van der Waals surface area (Å²) in [6, 6.07) is 2.58. The van der Waals surface area contributed by atoms with Crippen LogP contribution in [0.5, 0.6) is 0 Å². The molecule has 1 aromatic rings. The van der Waals surface area contributed by atoms with Gasteiger partial charge in [-0.1, -0.05) is 6.92 Å². The van der Waals surface area contributed by atoms with Crippen LogP contribution in [0, 0.1) is 10.1 Å². The molecule has 9 heteroatoms. The number of carbonyl (C=O) groups excluding carboxylic acids is 2. The van der Waals surface area contributed by atoms with Gasteiger partial charge >= 0.3 is 0 Å². The first-order valence-electron chi connectivity index (χ1n) is 6.47. The minimum absolute atomic E-state index is 0.0624. The maximum atomic E-state index is 11.4. The lowest BCUT2D eigenvalue weighted by Crippen LogP contribution is -2.51. The van der Waals surface area contributed by atoms with Crippen molar-refractivity contribution in [2.24, 2.45) is 0 Å². The van der Waals surface area contributed by atoms with Crippen LogP contribution in [0.4, 0.5) is 17.3 Å². The second-order valence-electron chi connectivity index (χ2n) is 4.58. The summed E-state index contributed by atoms with van der Waals surface area (Å²) in [6.07, 6.45) is 0.838. The predicted molar refractivity (Wildman–Crippen MR) is 75.0 cm³/mol. The van der Waals surface area contributed by atoms with Crippen LogP contribution >= 0.6 is 0 Å². The number of anilines is 2. The molecule has 2 rings (SSSR count).